The van der Waals surface area contributed by atoms with Crippen molar-refractivity contribution in [2.45, 2.75) is 37.7 Å². The number of methoxy groups -OCH3 is 1. The summed E-state index contributed by atoms with van der Waals surface area (Å²) in [5.41, 5.74) is 0.923. The van der Waals surface area contributed by atoms with Gasteiger partial charge in [0.2, 0.25) is 5.91 Å². The van der Waals surface area contributed by atoms with Crippen molar-refractivity contribution in [2.24, 2.45) is 0 Å². The monoisotopic (exact) mass is 423 g/mol. The SMILES string of the molecule is COc1ccc2c(c1)C(NC(=O)CSCc1c(F)cccc1Cl)CC(C)(C)O2. The standard InChI is InChI=1S/C21H23ClFNO3S/c1-21(2)10-18(14-9-13(26-3)7-8-19(14)27-21)24-20(25)12-28-11-15-16(22)5-4-6-17(15)23/h4-9,18H,10-12H2,1-3H3,(H,24,25). The number of hydrogen-bond donors (Lipinski definition) is 1. The number of rotatable bonds is 6. The van der Waals surface area contributed by atoms with Gasteiger partial charge in [-0.2, -0.15) is 0 Å². The van der Waals surface area contributed by atoms with E-state index in [0.717, 1.165) is 11.3 Å². The summed E-state index contributed by atoms with van der Waals surface area (Å²) in [4.78, 5) is 12.5. The molecule has 1 aliphatic rings. The maximum Gasteiger partial charge on any atom is 0.230 e. The third-order valence-corrected chi connectivity index (χ3v) is 5.86. The highest BCUT2D eigenvalue weighted by Crippen LogP contribution is 2.41. The lowest BCUT2D eigenvalue weighted by atomic mass is 9.89. The normalized spacial score (nSPS) is 17.4. The van der Waals surface area contributed by atoms with Gasteiger partial charge in [0.1, 0.15) is 22.9 Å². The van der Waals surface area contributed by atoms with Crippen LogP contribution in [0.1, 0.15) is 37.4 Å². The molecule has 0 aromatic heterocycles. The molecule has 2 aromatic carbocycles. The summed E-state index contributed by atoms with van der Waals surface area (Å²) in [7, 11) is 1.60. The first-order valence-corrected chi connectivity index (χ1v) is 10.5. The van der Waals surface area contributed by atoms with Crippen molar-refractivity contribution >= 4 is 29.3 Å². The second kappa shape index (κ2) is 8.62. The van der Waals surface area contributed by atoms with Gasteiger partial charge < -0.3 is 14.8 Å². The first kappa shape index (κ1) is 20.8. The number of halogens is 2. The first-order chi connectivity index (χ1) is 13.3. The van der Waals surface area contributed by atoms with E-state index in [-0.39, 0.29) is 23.5 Å². The van der Waals surface area contributed by atoms with Crippen LogP contribution in [0.15, 0.2) is 36.4 Å². The van der Waals surface area contributed by atoms with E-state index in [4.69, 9.17) is 21.1 Å². The fourth-order valence-corrected chi connectivity index (χ4v) is 4.42. The molecule has 0 radical (unpaired) electrons. The van der Waals surface area contributed by atoms with Crippen molar-refractivity contribution in [3.8, 4) is 11.5 Å². The average Bonchev–Trinajstić information content (AvgIpc) is 2.63. The highest BCUT2D eigenvalue weighted by Gasteiger charge is 2.34. The van der Waals surface area contributed by atoms with Crippen LogP contribution in [0, 0.1) is 5.82 Å². The Kier molecular flexibility index (Phi) is 6.40. The average molecular weight is 424 g/mol. The van der Waals surface area contributed by atoms with E-state index in [1.54, 1.807) is 19.2 Å². The van der Waals surface area contributed by atoms with Gasteiger partial charge in [0, 0.05) is 28.3 Å². The van der Waals surface area contributed by atoms with Crippen molar-refractivity contribution in [3.05, 3.63) is 58.4 Å². The smallest absolute Gasteiger partial charge is 0.230 e. The Hall–Kier alpha value is -1.92. The molecule has 0 aliphatic carbocycles. The second-order valence-electron chi connectivity index (χ2n) is 7.28. The molecular formula is C21H23ClFNO3S. The molecule has 4 nitrogen and oxygen atoms in total. The van der Waals surface area contributed by atoms with Crippen LogP contribution in [-0.4, -0.2) is 24.4 Å². The number of fused-ring (bicyclic) bond motifs is 1. The molecule has 0 fully saturated rings. The molecule has 1 amide bonds. The van der Waals surface area contributed by atoms with Crippen LogP contribution in [0.2, 0.25) is 5.02 Å². The number of nitrogens with one attached hydrogen (secondary N) is 1. The van der Waals surface area contributed by atoms with Gasteiger partial charge in [0.05, 0.1) is 18.9 Å². The Morgan fingerprint density at radius 1 is 1.39 bits per heavy atom. The second-order valence-corrected chi connectivity index (χ2v) is 8.68. The van der Waals surface area contributed by atoms with E-state index < -0.39 is 5.60 Å². The fourth-order valence-electron chi connectivity index (χ4n) is 3.24. The predicted octanol–water partition coefficient (Wildman–Crippen LogP) is 5.14. The summed E-state index contributed by atoms with van der Waals surface area (Å²) in [5.74, 6) is 1.53. The lowest BCUT2D eigenvalue weighted by Crippen LogP contribution is -2.41. The Balaban J connectivity index is 1.65. The number of amides is 1. The van der Waals surface area contributed by atoms with Crippen LogP contribution < -0.4 is 14.8 Å². The summed E-state index contributed by atoms with van der Waals surface area (Å²) in [6.45, 7) is 3.99. The summed E-state index contributed by atoms with van der Waals surface area (Å²) in [6.07, 6.45) is 0.642. The highest BCUT2D eigenvalue weighted by atomic mass is 35.5. The zero-order chi connectivity index (χ0) is 20.3. The van der Waals surface area contributed by atoms with E-state index in [1.807, 2.05) is 32.0 Å². The lowest BCUT2D eigenvalue weighted by molar-refractivity contribution is -0.119. The molecule has 0 spiro atoms. The van der Waals surface area contributed by atoms with Gasteiger partial charge in [-0.1, -0.05) is 17.7 Å². The molecule has 150 valence electrons. The van der Waals surface area contributed by atoms with Gasteiger partial charge in [0.15, 0.2) is 0 Å². The number of carbonyl (C=O) groups excluding carboxylic acids is 1. The molecule has 1 aliphatic heterocycles. The maximum absolute atomic E-state index is 13.8. The van der Waals surface area contributed by atoms with Crippen LogP contribution in [0.3, 0.4) is 0 Å². The molecular weight excluding hydrogens is 401 g/mol. The molecule has 0 saturated heterocycles. The van der Waals surface area contributed by atoms with Crippen LogP contribution >= 0.6 is 23.4 Å². The van der Waals surface area contributed by atoms with E-state index in [0.29, 0.717) is 28.5 Å². The van der Waals surface area contributed by atoms with Crippen LogP contribution in [-0.2, 0) is 10.5 Å². The van der Waals surface area contributed by atoms with Crippen LogP contribution in [0.25, 0.3) is 0 Å². The topological polar surface area (TPSA) is 47.6 Å². The van der Waals surface area contributed by atoms with E-state index in [2.05, 4.69) is 5.32 Å². The van der Waals surface area contributed by atoms with Crippen molar-refractivity contribution in [3.63, 3.8) is 0 Å². The fraction of sp³-hybridized carbons (Fsp3) is 0.381. The van der Waals surface area contributed by atoms with Gasteiger partial charge >= 0.3 is 0 Å². The Bertz CT molecular complexity index is 854. The Morgan fingerprint density at radius 2 is 2.18 bits per heavy atom. The van der Waals surface area contributed by atoms with Crippen molar-refractivity contribution in [1.82, 2.24) is 5.32 Å². The number of thioether (sulfide) groups is 1. The Labute approximate surface area is 173 Å². The quantitative estimate of drug-likeness (QED) is 0.698. The van der Waals surface area contributed by atoms with Gasteiger partial charge in [-0.05, 0) is 44.2 Å². The van der Waals surface area contributed by atoms with Gasteiger partial charge in [-0.3, -0.25) is 4.79 Å². The number of ether oxygens (including phenoxy) is 2. The molecule has 1 heterocycles. The minimum Gasteiger partial charge on any atom is -0.497 e. The number of carbonyl (C=O) groups is 1. The Morgan fingerprint density at radius 3 is 2.89 bits per heavy atom. The maximum atomic E-state index is 13.8. The van der Waals surface area contributed by atoms with Gasteiger partial charge in [-0.15, -0.1) is 11.8 Å². The van der Waals surface area contributed by atoms with E-state index in [9.17, 15) is 9.18 Å². The van der Waals surface area contributed by atoms with Crippen molar-refractivity contribution < 1.29 is 18.7 Å². The summed E-state index contributed by atoms with van der Waals surface area (Å²) < 4.78 is 25.2. The van der Waals surface area contributed by atoms with Crippen LogP contribution in [0.4, 0.5) is 4.39 Å². The third kappa shape index (κ3) is 4.92. The van der Waals surface area contributed by atoms with Gasteiger partial charge in [0.25, 0.3) is 0 Å². The molecule has 1 unspecified atom stereocenters. The molecule has 28 heavy (non-hydrogen) atoms. The van der Waals surface area contributed by atoms with Crippen molar-refractivity contribution in [2.75, 3.05) is 12.9 Å². The zero-order valence-electron chi connectivity index (χ0n) is 16.1. The molecule has 0 bridgehead atoms. The highest BCUT2D eigenvalue weighted by molar-refractivity contribution is 7.99. The summed E-state index contributed by atoms with van der Waals surface area (Å²) in [6, 6.07) is 10.00. The lowest BCUT2D eigenvalue weighted by Gasteiger charge is -2.38. The molecule has 7 heteroatoms. The largest absolute Gasteiger partial charge is 0.497 e. The summed E-state index contributed by atoms with van der Waals surface area (Å²) in [5, 5.41) is 3.45. The molecule has 3 rings (SSSR count). The molecule has 1 N–H and O–H groups in total. The summed E-state index contributed by atoms with van der Waals surface area (Å²) >= 11 is 7.36. The molecule has 2 aromatic rings. The van der Waals surface area contributed by atoms with Gasteiger partial charge in [-0.25, -0.2) is 4.39 Å². The minimum absolute atomic E-state index is 0.117. The van der Waals surface area contributed by atoms with E-state index in [1.165, 1.54) is 17.8 Å². The van der Waals surface area contributed by atoms with E-state index >= 15 is 0 Å². The minimum atomic E-state index is -0.395. The predicted molar refractivity (Wildman–Crippen MR) is 111 cm³/mol. The third-order valence-electron chi connectivity index (χ3n) is 4.55. The number of hydrogen-bond acceptors (Lipinski definition) is 4. The first-order valence-electron chi connectivity index (χ1n) is 8.96. The number of benzene rings is 2. The van der Waals surface area contributed by atoms with Crippen LogP contribution in [0.5, 0.6) is 11.5 Å². The van der Waals surface area contributed by atoms with Crippen molar-refractivity contribution in [1.29, 1.82) is 0 Å². The molecule has 0 saturated carbocycles. The molecule has 1 atom stereocenters. The zero-order valence-corrected chi connectivity index (χ0v) is 17.6.